The van der Waals surface area contributed by atoms with Gasteiger partial charge >= 0.3 is 0 Å². The van der Waals surface area contributed by atoms with Gasteiger partial charge in [0, 0.05) is 37.1 Å². The van der Waals surface area contributed by atoms with Gasteiger partial charge in [0.2, 0.25) is 0 Å². The van der Waals surface area contributed by atoms with E-state index in [9.17, 15) is 0 Å². The van der Waals surface area contributed by atoms with Gasteiger partial charge in [0.15, 0.2) is 0 Å². The van der Waals surface area contributed by atoms with Crippen LogP contribution in [0.2, 0.25) is 0 Å². The highest BCUT2D eigenvalue weighted by Crippen LogP contribution is 2.23. The van der Waals surface area contributed by atoms with Crippen LogP contribution in [0.15, 0.2) is 36.4 Å². The monoisotopic (exact) mass is 283 g/mol. The summed E-state index contributed by atoms with van der Waals surface area (Å²) < 4.78 is 0. The van der Waals surface area contributed by atoms with Gasteiger partial charge in [0.05, 0.1) is 5.52 Å². The van der Waals surface area contributed by atoms with Crippen LogP contribution in [0.25, 0.3) is 10.9 Å². The zero-order chi connectivity index (χ0) is 14.8. The number of anilines is 1. The topological polar surface area (TPSA) is 19.4 Å². The number of para-hydroxylation sites is 1. The van der Waals surface area contributed by atoms with E-state index in [4.69, 9.17) is 4.98 Å². The first-order valence-corrected chi connectivity index (χ1v) is 8.05. The second-order valence-corrected chi connectivity index (χ2v) is 6.20. The van der Waals surface area contributed by atoms with Crippen molar-refractivity contribution in [1.82, 2.24) is 9.88 Å². The molecule has 1 fully saturated rings. The average molecular weight is 283 g/mol. The van der Waals surface area contributed by atoms with Gasteiger partial charge in [-0.05, 0) is 38.5 Å². The van der Waals surface area contributed by atoms with E-state index in [-0.39, 0.29) is 0 Å². The SMILES string of the molecule is CC[C@@H]1CN(c2ccc3ccccc3n2)CCN1C(C)C. The Morgan fingerprint density at radius 3 is 2.71 bits per heavy atom. The van der Waals surface area contributed by atoms with Crippen LogP contribution in [0.5, 0.6) is 0 Å². The summed E-state index contributed by atoms with van der Waals surface area (Å²) in [5, 5.41) is 1.22. The molecule has 3 rings (SSSR count). The van der Waals surface area contributed by atoms with Crippen LogP contribution in [0.4, 0.5) is 5.82 Å². The maximum absolute atomic E-state index is 4.84. The summed E-state index contributed by atoms with van der Waals surface area (Å²) in [6, 6.07) is 14.0. The number of benzene rings is 1. The quantitative estimate of drug-likeness (QED) is 0.859. The van der Waals surface area contributed by atoms with E-state index in [0.717, 1.165) is 31.0 Å². The zero-order valence-corrected chi connectivity index (χ0v) is 13.3. The van der Waals surface area contributed by atoms with Gasteiger partial charge in [-0.25, -0.2) is 4.98 Å². The molecule has 0 aliphatic carbocycles. The normalized spacial score (nSPS) is 20.4. The van der Waals surface area contributed by atoms with Crippen molar-refractivity contribution in [2.75, 3.05) is 24.5 Å². The minimum atomic E-state index is 0.627. The predicted octanol–water partition coefficient (Wildman–Crippen LogP) is 3.54. The Morgan fingerprint density at radius 2 is 1.95 bits per heavy atom. The third-order valence-corrected chi connectivity index (χ3v) is 4.57. The number of piperazine rings is 1. The minimum Gasteiger partial charge on any atom is -0.354 e. The van der Waals surface area contributed by atoms with Gasteiger partial charge in [0.25, 0.3) is 0 Å². The number of rotatable bonds is 3. The number of hydrogen-bond acceptors (Lipinski definition) is 3. The molecule has 1 atom stereocenters. The van der Waals surface area contributed by atoms with Crippen molar-refractivity contribution in [3.8, 4) is 0 Å². The Morgan fingerprint density at radius 1 is 1.14 bits per heavy atom. The molecule has 0 N–H and O–H groups in total. The third-order valence-electron chi connectivity index (χ3n) is 4.57. The fraction of sp³-hybridized carbons (Fsp3) is 0.500. The van der Waals surface area contributed by atoms with Crippen molar-refractivity contribution in [2.45, 2.75) is 39.3 Å². The second kappa shape index (κ2) is 6.02. The smallest absolute Gasteiger partial charge is 0.129 e. The van der Waals surface area contributed by atoms with Crippen molar-refractivity contribution in [3.63, 3.8) is 0 Å². The second-order valence-electron chi connectivity index (χ2n) is 6.20. The van der Waals surface area contributed by atoms with Crippen molar-refractivity contribution in [3.05, 3.63) is 36.4 Å². The van der Waals surface area contributed by atoms with Crippen LogP contribution in [0.1, 0.15) is 27.2 Å². The molecule has 0 saturated carbocycles. The molecule has 112 valence electrons. The van der Waals surface area contributed by atoms with E-state index in [1.807, 2.05) is 0 Å². The highest BCUT2D eigenvalue weighted by atomic mass is 15.3. The van der Waals surface area contributed by atoms with Gasteiger partial charge in [0.1, 0.15) is 5.82 Å². The standard InChI is InChI=1S/C18H25N3/c1-4-16-13-20(11-12-21(16)14(2)3)18-10-9-15-7-5-6-8-17(15)19-18/h5-10,14,16H,4,11-13H2,1-3H3/t16-/m1/s1. The molecule has 0 unspecified atom stereocenters. The zero-order valence-electron chi connectivity index (χ0n) is 13.3. The van der Waals surface area contributed by atoms with Gasteiger partial charge in [-0.2, -0.15) is 0 Å². The lowest BCUT2D eigenvalue weighted by Gasteiger charge is -2.43. The van der Waals surface area contributed by atoms with Crippen LogP contribution in [-0.2, 0) is 0 Å². The highest BCUT2D eigenvalue weighted by molar-refractivity contribution is 5.80. The molecule has 1 aromatic heterocycles. The fourth-order valence-electron chi connectivity index (χ4n) is 3.35. The molecule has 3 nitrogen and oxygen atoms in total. The van der Waals surface area contributed by atoms with Gasteiger partial charge in [-0.3, -0.25) is 4.90 Å². The minimum absolute atomic E-state index is 0.627. The summed E-state index contributed by atoms with van der Waals surface area (Å²) >= 11 is 0. The third kappa shape index (κ3) is 2.88. The molecule has 0 bridgehead atoms. The largest absolute Gasteiger partial charge is 0.354 e. The molecular weight excluding hydrogens is 258 g/mol. The molecule has 0 radical (unpaired) electrons. The Hall–Kier alpha value is -1.61. The number of nitrogens with zero attached hydrogens (tertiary/aromatic N) is 3. The number of pyridine rings is 1. The van der Waals surface area contributed by atoms with Gasteiger partial charge in [-0.1, -0.05) is 25.1 Å². The summed E-state index contributed by atoms with van der Waals surface area (Å²) in [7, 11) is 0. The maximum atomic E-state index is 4.84. The van der Waals surface area contributed by atoms with Crippen LogP contribution in [0.3, 0.4) is 0 Å². The first kappa shape index (κ1) is 14.3. The molecule has 0 amide bonds. The van der Waals surface area contributed by atoms with Crippen LogP contribution >= 0.6 is 0 Å². The van der Waals surface area contributed by atoms with Crippen LogP contribution < -0.4 is 4.90 Å². The highest BCUT2D eigenvalue weighted by Gasteiger charge is 2.27. The van der Waals surface area contributed by atoms with Gasteiger partial charge < -0.3 is 4.90 Å². The molecule has 1 saturated heterocycles. The molecule has 0 spiro atoms. The van der Waals surface area contributed by atoms with Gasteiger partial charge in [-0.15, -0.1) is 0 Å². The van der Waals surface area contributed by atoms with Crippen LogP contribution in [-0.4, -0.2) is 41.6 Å². The van der Waals surface area contributed by atoms with Crippen LogP contribution in [0, 0.1) is 0 Å². The van der Waals surface area contributed by atoms with E-state index in [1.54, 1.807) is 0 Å². The summed E-state index contributed by atoms with van der Waals surface area (Å²) in [5.41, 5.74) is 1.09. The molecule has 1 aliphatic rings. The maximum Gasteiger partial charge on any atom is 0.129 e. The molecule has 3 heteroatoms. The summed E-state index contributed by atoms with van der Waals surface area (Å²) in [6.45, 7) is 10.2. The Balaban J connectivity index is 1.83. The Bertz CT molecular complexity index is 608. The van der Waals surface area contributed by atoms with E-state index < -0.39 is 0 Å². The van der Waals surface area contributed by atoms with E-state index in [1.165, 1.54) is 11.8 Å². The molecule has 1 aromatic carbocycles. The van der Waals surface area contributed by atoms with E-state index >= 15 is 0 Å². The summed E-state index contributed by atoms with van der Waals surface area (Å²) in [6.07, 6.45) is 1.20. The molecule has 2 aromatic rings. The lowest BCUT2D eigenvalue weighted by atomic mass is 10.1. The Labute approximate surface area is 127 Å². The fourth-order valence-corrected chi connectivity index (χ4v) is 3.35. The van der Waals surface area contributed by atoms with Crippen molar-refractivity contribution in [2.24, 2.45) is 0 Å². The number of fused-ring (bicyclic) bond motifs is 1. The molecule has 21 heavy (non-hydrogen) atoms. The lowest BCUT2D eigenvalue weighted by Crippen LogP contribution is -2.55. The first-order valence-electron chi connectivity index (χ1n) is 8.05. The first-order chi connectivity index (χ1) is 10.2. The molecule has 2 heterocycles. The number of hydrogen-bond donors (Lipinski definition) is 0. The number of aromatic nitrogens is 1. The summed E-state index contributed by atoms with van der Waals surface area (Å²) in [5.74, 6) is 1.12. The molecular formula is C18H25N3. The molecule has 1 aliphatic heterocycles. The Kier molecular flexibility index (Phi) is 4.11. The van der Waals surface area contributed by atoms with Crippen molar-refractivity contribution in [1.29, 1.82) is 0 Å². The van der Waals surface area contributed by atoms with Crippen molar-refractivity contribution < 1.29 is 0 Å². The lowest BCUT2D eigenvalue weighted by molar-refractivity contribution is 0.133. The van der Waals surface area contributed by atoms with E-state index in [2.05, 4.69) is 67.0 Å². The van der Waals surface area contributed by atoms with Crippen molar-refractivity contribution >= 4 is 16.7 Å². The summed E-state index contributed by atoms with van der Waals surface area (Å²) in [4.78, 5) is 9.91. The predicted molar refractivity (Wildman–Crippen MR) is 89.9 cm³/mol. The van der Waals surface area contributed by atoms with E-state index in [0.29, 0.717) is 12.1 Å². The average Bonchev–Trinajstić information content (AvgIpc) is 2.53.